The topological polar surface area (TPSA) is 110 Å². The van der Waals surface area contributed by atoms with Gasteiger partial charge in [-0.05, 0) is 38.5 Å². The second kappa shape index (κ2) is 25.7. The van der Waals surface area contributed by atoms with Gasteiger partial charge in [0, 0.05) is 0 Å². The smallest absolute Gasteiger partial charge is 0.249 e. The Balaban J connectivity index is 3.79. The normalized spacial score (nSPS) is 15.2. The van der Waals surface area contributed by atoms with Crippen molar-refractivity contribution in [2.24, 2.45) is 0 Å². The van der Waals surface area contributed by atoms with Gasteiger partial charge in [0.1, 0.15) is 12.2 Å². The van der Waals surface area contributed by atoms with E-state index in [1.54, 1.807) is 0 Å². The first-order chi connectivity index (χ1) is 17.5. The van der Waals surface area contributed by atoms with Crippen molar-refractivity contribution in [2.45, 2.75) is 167 Å². The molecule has 0 aliphatic rings. The molecule has 0 aliphatic carbocycles. The molecule has 0 aromatic carbocycles. The molecule has 0 aromatic rings. The molecule has 5 N–H and O–H groups in total. The second-order valence-corrected chi connectivity index (χ2v) is 10.4. The minimum atomic E-state index is -1.25. The van der Waals surface area contributed by atoms with Crippen LogP contribution in [0.4, 0.5) is 0 Å². The number of carbonyl (C=O) groups excluding carboxylic acids is 1. The summed E-state index contributed by atoms with van der Waals surface area (Å²) in [5.41, 5.74) is 0. The van der Waals surface area contributed by atoms with Gasteiger partial charge in [0.2, 0.25) is 5.91 Å². The molecule has 6 heteroatoms. The van der Waals surface area contributed by atoms with E-state index in [4.69, 9.17) is 0 Å². The van der Waals surface area contributed by atoms with Crippen molar-refractivity contribution in [1.82, 2.24) is 5.32 Å². The fraction of sp³-hybridized carbons (Fsp3) is 0.900. The summed E-state index contributed by atoms with van der Waals surface area (Å²) in [5.74, 6) is -0.598. The molecule has 0 radical (unpaired) electrons. The monoisotopic (exact) mass is 513 g/mol. The molecule has 0 fully saturated rings. The van der Waals surface area contributed by atoms with Crippen LogP contribution in [-0.4, -0.2) is 57.3 Å². The summed E-state index contributed by atoms with van der Waals surface area (Å²) in [6, 6.07) is -0.979. The Hall–Kier alpha value is -0.950. The maximum absolute atomic E-state index is 12.3. The van der Waals surface area contributed by atoms with Crippen LogP contribution >= 0.6 is 0 Å². The van der Waals surface area contributed by atoms with Crippen molar-refractivity contribution in [3.05, 3.63) is 12.2 Å². The zero-order valence-corrected chi connectivity index (χ0v) is 23.5. The first kappa shape index (κ1) is 35.0. The summed E-state index contributed by atoms with van der Waals surface area (Å²) in [4.78, 5) is 12.3. The van der Waals surface area contributed by atoms with E-state index in [0.717, 1.165) is 51.4 Å². The Morgan fingerprint density at radius 2 is 1.11 bits per heavy atom. The van der Waals surface area contributed by atoms with Gasteiger partial charge in [-0.15, -0.1) is 0 Å². The summed E-state index contributed by atoms with van der Waals surface area (Å²) in [7, 11) is 0. The molecule has 0 rings (SSSR count). The molecule has 214 valence electrons. The zero-order chi connectivity index (χ0) is 26.9. The van der Waals surface area contributed by atoms with Crippen LogP contribution in [0.5, 0.6) is 0 Å². The molecule has 0 spiro atoms. The van der Waals surface area contributed by atoms with E-state index in [0.29, 0.717) is 12.8 Å². The highest BCUT2D eigenvalue weighted by Crippen LogP contribution is 2.13. The first-order valence-corrected chi connectivity index (χ1v) is 15.1. The lowest BCUT2D eigenvalue weighted by Gasteiger charge is -2.27. The van der Waals surface area contributed by atoms with Gasteiger partial charge in [-0.3, -0.25) is 4.79 Å². The van der Waals surface area contributed by atoms with Crippen LogP contribution in [0.1, 0.15) is 142 Å². The van der Waals surface area contributed by atoms with Crippen LogP contribution in [0.3, 0.4) is 0 Å². The van der Waals surface area contributed by atoms with Crippen molar-refractivity contribution < 1.29 is 25.2 Å². The highest BCUT2D eigenvalue weighted by molar-refractivity contribution is 5.80. The van der Waals surface area contributed by atoms with E-state index in [9.17, 15) is 25.2 Å². The Morgan fingerprint density at radius 3 is 1.64 bits per heavy atom. The van der Waals surface area contributed by atoms with Crippen LogP contribution in [0.15, 0.2) is 12.2 Å². The van der Waals surface area contributed by atoms with Gasteiger partial charge < -0.3 is 25.7 Å². The number of carbonyl (C=O) groups is 1. The molecule has 6 nitrogen and oxygen atoms in total. The third-order valence-corrected chi connectivity index (χ3v) is 6.98. The van der Waals surface area contributed by atoms with E-state index in [1.165, 1.54) is 64.2 Å². The third-order valence-electron chi connectivity index (χ3n) is 6.98. The van der Waals surface area contributed by atoms with Gasteiger partial charge in [-0.1, -0.05) is 116 Å². The van der Waals surface area contributed by atoms with Gasteiger partial charge in [0.15, 0.2) is 0 Å². The number of unbranched alkanes of at least 4 members (excludes halogenated alkanes) is 15. The van der Waals surface area contributed by atoms with E-state index in [2.05, 4.69) is 31.3 Å². The minimum Gasteiger partial charge on any atom is -0.394 e. The molecule has 0 bridgehead atoms. The third kappa shape index (κ3) is 20.1. The molecule has 0 aliphatic heterocycles. The summed E-state index contributed by atoms with van der Waals surface area (Å²) in [6.07, 6.45) is 22.8. The van der Waals surface area contributed by atoms with Gasteiger partial charge in [-0.2, -0.15) is 0 Å². The van der Waals surface area contributed by atoms with Gasteiger partial charge in [0.25, 0.3) is 0 Å². The number of hydrogen-bond acceptors (Lipinski definition) is 5. The lowest BCUT2D eigenvalue weighted by molar-refractivity contribution is -0.132. The van der Waals surface area contributed by atoms with Gasteiger partial charge in [0.05, 0.1) is 18.8 Å². The number of allylic oxidation sites excluding steroid dienone is 2. The molecule has 36 heavy (non-hydrogen) atoms. The molecule has 4 atom stereocenters. The number of aliphatic hydroxyl groups is 4. The van der Waals surface area contributed by atoms with Crippen molar-refractivity contribution in [3.8, 4) is 0 Å². The lowest BCUT2D eigenvalue weighted by Crippen LogP contribution is -2.53. The zero-order valence-electron chi connectivity index (χ0n) is 23.5. The van der Waals surface area contributed by atoms with Crippen molar-refractivity contribution >= 4 is 5.91 Å². The molecule has 0 heterocycles. The largest absolute Gasteiger partial charge is 0.394 e. The maximum Gasteiger partial charge on any atom is 0.249 e. The first-order valence-electron chi connectivity index (χ1n) is 15.1. The lowest BCUT2D eigenvalue weighted by atomic mass is 9.99. The predicted molar refractivity (Wildman–Crippen MR) is 150 cm³/mol. The fourth-order valence-electron chi connectivity index (χ4n) is 4.45. The van der Waals surface area contributed by atoms with Crippen molar-refractivity contribution in [3.63, 3.8) is 0 Å². The van der Waals surface area contributed by atoms with Crippen molar-refractivity contribution in [2.75, 3.05) is 6.61 Å². The molecule has 0 saturated carbocycles. The number of hydrogen-bond donors (Lipinski definition) is 5. The van der Waals surface area contributed by atoms with Crippen LogP contribution in [-0.2, 0) is 4.79 Å². The minimum absolute atomic E-state index is 0.362. The van der Waals surface area contributed by atoms with Crippen molar-refractivity contribution in [1.29, 1.82) is 0 Å². The Kier molecular flexibility index (Phi) is 25.0. The Bertz CT molecular complexity index is 514. The van der Waals surface area contributed by atoms with Gasteiger partial charge >= 0.3 is 0 Å². The highest BCUT2D eigenvalue weighted by Gasteiger charge is 2.28. The number of rotatable bonds is 26. The summed E-state index contributed by atoms with van der Waals surface area (Å²) in [5, 5.41) is 42.6. The summed E-state index contributed by atoms with van der Waals surface area (Å²) in [6.45, 7) is 3.87. The summed E-state index contributed by atoms with van der Waals surface area (Å²) < 4.78 is 0. The molecular weight excluding hydrogens is 454 g/mol. The molecule has 0 saturated heterocycles. The molecule has 4 unspecified atom stereocenters. The molecular formula is C30H59NO5. The van der Waals surface area contributed by atoms with E-state index in [-0.39, 0.29) is 0 Å². The van der Waals surface area contributed by atoms with Crippen LogP contribution in [0.2, 0.25) is 0 Å². The maximum atomic E-state index is 12.3. The Morgan fingerprint density at radius 1 is 0.667 bits per heavy atom. The van der Waals surface area contributed by atoms with E-state index < -0.39 is 36.9 Å². The highest BCUT2D eigenvalue weighted by atomic mass is 16.3. The quantitative estimate of drug-likeness (QED) is 0.0726. The molecule has 1 amide bonds. The number of amides is 1. The number of nitrogens with one attached hydrogen (secondary N) is 1. The number of aliphatic hydroxyl groups excluding tert-OH is 4. The fourth-order valence-corrected chi connectivity index (χ4v) is 4.45. The standard InChI is InChI=1S/C30H59NO5/c1-3-5-7-9-10-11-12-13-14-15-16-17-18-19-20-22-24-28(34)30(36)31-26(25-32)29(35)27(33)23-21-8-6-4-2/h13-14,26-29,32-35H,3-12,15-25H2,1-2H3,(H,31,36)/b14-13-. The van der Waals surface area contributed by atoms with E-state index in [1.807, 2.05) is 0 Å². The van der Waals surface area contributed by atoms with Crippen LogP contribution in [0, 0.1) is 0 Å². The average Bonchev–Trinajstić information content (AvgIpc) is 2.88. The Labute approximate surface area is 222 Å². The predicted octanol–water partition coefficient (Wildman–Crippen LogP) is 5.94. The van der Waals surface area contributed by atoms with E-state index >= 15 is 0 Å². The SMILES string of the molecule is CCCCCCCC/C=C\CCCCCCCCC(O)C(=O)NC(CO)C(O)C(O)CCCCCC. The summed E-state index contributed by atoms with van der Waals surface area (Å²) >= 11 is 0. The van der Waals surface area contributed by atoms with Gasteiger partial charge in [-0.25, -0.2) is 0 Å². The van der Waals surface area contributed by atoms with Crippen LogP contribution < -0.4 is 5.32 Å². The average molecular weight is 514 g/mol. The van der Waals surface area contributed by atoms with Crippen LogP contribution in [0.25, 0.3) is 0 Å². The second-order valence-electron chi connectivity index (χ2n) is 10.4. The molecule has 0 aromatic heterocycles.